The molecule has 0 aromatic heterocycles. The van der Waals surface area contributed by atoms with E-state index in [9.17, 15) is 26.3 Å². The van der Waals surface area contributed by atoms with E-state index in [4.69, 9.17) is 6.57 Å². The molecule has 0 saturated carbocycles. The first-order valence-electron chi connectivity index (χ1n) is 14.8. The zero-order valence-corrected chi connectivity index (χ0v) is 25.2. The summed E-state index contributed by atoms with van der Waals surface area (Å²) in [4.78, 5) is 8.09. The van der Waals surface area contributed by atoms with Crippen molar-refractivity contribution in [2.75, 3.05) is 26.2 Å². The van der Waals surface area contributed by atoms with E-state index in [1.54, 1.807) is 0 Å². The number of hydrogen-bond donors (Lipinski definition) is 0. The number of piperidine rings is 2. The van der Waals surface area contributed by atoms with Gasteiger partial charge in [-0.15, -0.1) is 0 Å². The van der Waals surface area contributed by atoms with E-state index in [-0.39, 0.29) is 22.1 Å². The zero-order valence-electron chi connectivity index (χ0n) is 25.2. The van der Waals surface area contributed by atoms with E-state index in [0.29, 0.717) is 47.0 Å². The third kappa shape index (κ3) is 6.06. The number of nitrogens with zero attached hydrogens (tertiary/aromatic N) is 8. The molecule has 42 heavy (non-hydrogen) atoms. The van der Waals surface area contributed by atoms with Crippen LogP contribution in [0.3, 0.4) is 0 Å². The van der Waals surface area contributed by atoms with E-state index in [1.807, 2.05) is 18.2 Å². The zero-order chi connectivity index (χ0) is 30.7. The van der Waals surface area contributed by atoms with Crippen molar-refractivity contribution in [3.05, 3.63) is 56.4 Å². The fourth-order valence-corrected chi connectivity index (χ4v) is 7.51. The van der Waals surface area contributed by atoms with Crippen molar-refractivity contribution in [2.24, 2.45) is 22.7 Å². The summed E-state index contributed by atoms with van der Waals surface area (Å²) in [5.74, 6) is 1.18. The second kappa shape index (κ2) is 12.2. The molecule has 0 N–H and O–H groups in total. The van der Waals surface area contributed by atoms with E-state index in [1.165, 1.54) is 0 Å². The molecular weight excluding hydrogens is 520 g/mol. The van der Waals surface area contributed by atoms with Gasteiger partial charge in [0, 0.05) is 43.1 Å². The second-order valence-corrected chi connectivity index (χ2v) is 13.7. The maximum Gasteiger partial charge on any atom is 0.266 e. The van der Waals surface area contributed by atoms with Gasteiger partial charge in [0.05, 0.1) is 29.9 Å². The molecule has 0 spiro atoms. The van der Waals surface area contributed by atoms with Crippen LogP contribution in [0.15, 0.2) is 45.0 Å². The molecule has 2 fully saturated rings. The molecule has 0 bridgehead atoms. The first kappa shape index (κ1) is 30.5. The smallest absolute Gasteiger partial charge is 0.266 e. The molecule has 4 rings (SSSR count). The molecule has 0 unspecified atom stereocenters. The van der Waals surface area contributed by atoms with Crippen LogP contribution in [0, 0.1) is 85.9 Å². The average Bonchev–Trinajstić information content (AvgIpc) is 2.97. The van der Waals surface area contributed by atoms with Gasteiger partial charge in [0.25, 0.3) is 5.70 Å². The molecule has 214 valence electrons. The quantitative estimate of drug-likeness (QED) is 0.280. The van der Waals surface area contributed by atoms with Crippen molar-refractivity contribution < 1.29 is 0 Å². The van der Waals surface area contributed by atoms with Crippen LogP contribution in [-0.4, -0.2) is 36.0 Å². The average molecular weight is 559 g/mol. The van der Waals surface area contributed by atoms with Gasteiger partial charge in [-0.2, -0.15) is 21.0 Å². The Bertz CT molecular complexity index is 1360. The molecule has 0 aromatic rings. The van der Waals surface area contributed by atoms with Gasteiger partial charge in [0.2, 0.25) is 0 Å². The van der Waals surface area contributed by atoms with Gasteiger partial charge in [0.1, 0.15) is 23.8 Å². The molecule has 2 aliphatic heterocycles. The van der Waals surface area contributed by atoms with Crippen LogP contribution in [0.4, 0.5) is 0 Å². The highest BCUT2D eigenvalue weighted by Crippen LogP contribution is 2.47. The molecular formula is C34H38N8. The highest BCUT2D eigenvalue weighted by Gasteiger charge is 2.39. The lowest BCUT2D eigenvalue weighted by Gasteiger charge is -2.46. The van der Waals surface area contributed by atoms with Crippen molar-refractivity contribution in [3.8, 4) is 30.3 Å². The number of hydrogen-bond acceptors (Lipinski definition) is 7. The van der Waals surface area contributed by atoms with Crippen molar-refractivity contribution in [2.45, 2.75) is 79.1 Å². The summed E-state index contributed by atoms with van der Waals surface area (Å²) in [5, 5.41) is 48.7. The summed E-state index contributed by atoms with van der Waals surface area (Å²) < 4.78 is 0. The fraction of sp³-hybridized carbons (Fsp3) is 0.588. The third-order valence-corrected chi connectivity index (χ3v) is 9.55. The number of allylic oxidation sites excluding steroid dienone is 8. The van der Waals surface area contributed by atoms with Crippen LogP contribution >= 0.6 is 0 Å². The van der Waals surface area contributed by atoms with E-state index in [2.05, 4.69) is 54.5 Å². The molecule has 8 nitrogen and oxygen atoms in total. The first-order chi connectivity index (χ1) is 20.0. The summed E-state index contributed by atoms with van der Waals surface area (Å²) in [6.45, 7) is 19.5. The first-order valence-corrected chi connectivity index (χ1v) is 14.8. The highest BCUT2D eigenvalue weighted by atomic mass is 15.2. The topological polar surface area (TPSA) is 130 Å². The minimum absolute atomic E-state index is 0.0357. The third-order valence-electron chi connectivity index (χ3n) is 9.55. The second-order valence-electron chi connectivity index (χ2n) is 13.7. The molecule has 0 amide bonds. The van der Waals surface area contributed by atoms with Crippen LogP contribution in [0.25, 0.3) is 4.85 Å². The van der Waals surface area contributed by atoms with E-state index in [0.717, 1.165) is 76.1 Å². The van der Waals surface area contributed by atoms with Crippen molar-refractivity contribution in [1.29, 1.82) is 26.3 Å². The Hall–Kier alpha value is -4.50. The Morgan fingerprint density at radius 1 is 0.667 bits per heavy atom. The van der Waals surface area contributed by atoms with Gasteiger partial charge in [0.15, 0.2) is 0 Å². The van der Waals surface area contributed by atoms with Crippen LogP contribution in [0.2, 0.25) is 0 Å². The summed E-state index contributed by atoms with van der Waals surface area (Å²) in [6.07, 6.45) is 6.81. The number of rotatable bonds is 3. The summed E-state index contributed by atoms with van der Waals surface area (Å²) >= 11 is 0. The van der Waals surface area contributed by atoms with Gasteiger partial charge in [-0.05, 0) is 79.6 Å². The maximum atomic E-state index is 10.1. The van der Waals surface area contributed by atoms with Crippen LogP contribution in [-0.2, 0) is 0 Å². The predicted molar refractivity (Wildman–Crippen MR) is 157 cm³/mol. The maximum absolute atomic E-state index is 10.1. The Morgan fingerprint density at radius 3 is 1.43 bits per heavy atom. The summed E-state index contributed by atoms with van der Waals surface area (Å²) in [5.41, 5.74) is 4.04. The lowest BCUT2D eigenvalue weighted by molar-refractivity contribution is 0.110. The normalized spacial score (nSPS) is 24.0. The van der Waals surface area contributed by atoms with Gasteiger partial charge < -0.3 is 9.80 Å². The van der Waals surface area contributed by atoms with Crippen molar-refractivity contribution in [1.82, 2.24) is 9.80 Å². The Balaban J connectivity index is 1.47. The van der Waals surface area contributed by atoms with Crippen molar-refractivity contribution in [3.63, 3.8) is 0 Å². The number of likely N-dealkylation sites (tertiary alicyclic amines) is 2. The predicted octanol–water partition coefficient (Wildman–Crippen LogP) is 6.65. The highest BCUT2D eigenvalue weighted by molar-refractivity contribution is 5.57. The van der Waals surface area contributed by atoms with E-state index >= 15 is 0 Å². The van der Waals surface area contributed by atoms with E-state index < -0.39 is 0 Å². The van der Waals surface area contributed by atoms with Gasteiger partial charge in [-0.25, -0.2) is 10.1 Å². The molecule has 2 aliphatic carbocycles. The summed E-state index contributed by atoms with van der Waals surface area (Å²) in [7, 11) is 0. The molecule has 8 heteroatoms. The SMILES string of the molecule is [C-]#[N+]/C(C#N)=C1\CC(C)(C)CC(N2CCC(C3CCN(C4=C(C#N)C(=C(C#N)C#N)CC(C)(C)C4)CC3)CC2)=C1C#N. The monoisotopic (exact) mass is 558 g/mol. The largest absolute Gasteiger partial charge is 0.374 e. The molecule has 2 saturated heterocycles. The van der Waals surface area contributed by atoms with Gasteiger partial charge >= 0.3 is 0 Å². The summed E-state index contributed by atoms with van der Waals surface area (Å²) in [6, 6.07) is 10.7. The Morgan fingerprint density at radius 2 is 1.07 bits per heavy atom. The minimum atomic E-state index is -0.129. The van der Waals surface area contributed by atoms with Crippen molar-refractivity contribution >= 4 is 0 Å². The van der Waals surface area contributed by atoms with Gasteiger partial charge in [-0.1, -0.05) is 27.7 Å². The molecule has 4 aliphatic rings. The van der Waals surface area contributed by atoms with Crippen LogP contribution in [0.1, 0.15) is 79.1 Å². The molecule has 0 atom stereocenters. The van der Waals surface area contributed by atoms with Crippen LogP contribution < -0.4 is 0 Å². The molecule has 2 heterocycles. The Kier molecular flexibility index (Phi) is 8.82. The molecule has 0 radical (unpaired) electrons. The minimum Gasteiger partial charge on any atom is -0.374 e. The lowest BCUT2D eigenvalue weighted by Crippen LogP contribution is -2.42. The van der Waals surface area contributed by atoms with Crippen LogP contribution in [0.5, 0.6) is 0 Å². The number of nitriles is 5. The standard InChI is InChI=1S/C34H38N8/c1-33(2)14-26(25(18-35)19-36)28(20-37)31(16-33)41-10-6-23(7-11-41)24-8-12-42(13-9-24)32-17-34(3,4)15-27(29(32)21-38)30(22-39)40-5/h23-24H,6-17H2,1-4H3/b30-27+. The Labute approximate surface area is 250 Å². The lowest BCUT2D eigenvalue weighted by atomic mass is 9.71. The van der Waals surface area contributed by atoms with Gasteiger partial charge in [-0.3, -0.25) is 0 Å². The fourth-order valence-electron chi connectivity index (χ4n) is 7.51. The molecule has 0 aromatic carbocycles.